The van der Waals surface area contributed by atoms with Crippen LogP contribution in [0.25, 0.3) is 22.2 Å². The van der Waals surface area contributed by atoms with E-state index in [1.807, 2.05) is 0 Å². The fraction of sp³-hybridized carbons (Fsp3) is 0. The lowest BCUT2D eigenvalue weighted by Crippen LogP contribution is -1.90. The second kappa shape index (κ2) is 5.03. The number of nitro groups is 1. The van der Waals surface area contributed by atoms with E-state index in [9.17, 15) is 23.7 Å². The lowest BCUT2D eigenvalue weighted by atomic mass is 10.1. The van der Waals surface area contributed by atoms with Crippen LogP contribution in [0.2, 0.25) is 0 Å². The van der Waals surface area contributed by atoms with Crippen molar-refractivity contribution < 1.29 is 18.5 Å². The molecule has 0 atom stereocenters. The number of aromatic amines is 1. The van der Waals surface area contributed by atoms with Crippen molar-refractivity contribution in [3.8, 4) is 11.3 Å². The molecule has 1 N–H and O–H groups in total. The van der Waals surface area contributed by atoms with Gasteiger partial charge >= 0.3 is 0 Å². The quantitative estimate of drug-likeness (QED) is 0.454. The Morgan fingerprint density at radius 2 is 1.91 bits per heavy atom. The van der Waals surface area contributed by atoms with Crippen molar-refractivity contribution in [2.24, 2.45) is 0 Å². The van der Waals surface area contributed by atoms with Gasteiger partial charge in [0.2, 0.25) is 0 Å². The van der Waals surface area contributed by atoms with Crippen LogP contribution in [0, 0.1) is 21.7 Å². The molecule has 110 valence electrons. The Morgan fingerprint density at radius 1 is 1.14 bits per heavy atom. The number of hydrogen-bond donors (Lipinski definition) is 1. The molecule has 1 aromatic heterocycles. The number of non-ortho nitro benzene ring substituents is 1. The highest BCUT2D eigenvalue weighted by Gasteiger charge is 2.18. The number of nitrogens with one attached hydrogen (secondary N) is 1. The number of benzene rings is 2. The van der Waals surface area contributed by atoms with E-state index in [0.29, 0.717) is 23.3 Å². The normalized spacial score (nSPS) is 10.8. The highest BCUT2D eigenvalue weighted by molar-refractivity contribution is 6.05. The number of fused-ring (bicyclic) bond motifs is 1. The van der Waals surface area contributed by atoms with Crippen molar-refractivity contribution in [2.45, 2.75) is 0 Å². The van der Waals surface area contributed by atoms with Gasteiger partial charge in [-0.25, -0.2) is 8.78 Å². The SMILES string of the molecule is O=Cc1c(-c2ccc(F)cc2F)[nH]c2ccc([N+](=O)[O-])cc12. The maximum absolute atomic E-state index is 13.9. The van der Waals surface area contributed by atoms with Gasteiger partial charge in [-0.2, -0.15) is 0 Å². The van der Waals surface area contributed by atoms with E-state index in [-0.39, 0.29) is 22.5 Å². The number of carbonyl (C=O) groups is 1. The second-order valence-electron chi connectivity index (χ2n) is 4.64. The zero-order valence-corrected chi connectivity index (χ0v) is 11.0. The number of halogens is 2. The third kappa shape index (κ3) is 2.12. The van der Waals surface area contributed by atoms with Crippen LogP contribution in [0.3, 0.4) is 0 Å². The number of H-pyrrole nitrogens is 1. The summed E-state index contributed by atoms with van der Waals surface area (Å²) in [4.78, 5) is 24.4. The molecule has 0 saturated carbocycles. The second-order valence-corrected chi connectivity index (χ2v) is 4.64. The summed E-state index contributed by atoms with van der Waals surface area (Å²) >= 11 is 0. The average Bonchev–Trinajstić information content (AvgIpc) is 2.84. The third-order valence-electron chi connectivity index (χ3n) is 3.35. The summed E-state index contributed by atoms with van der Waals surface area (Å²) in [6, 6.07) is 6.93. The first kappa shape index (κ1) is 13.9. The molecule has 7 heteroatoms. The molecule has 1 heterocycles. The largest absolute Gasteiger partial charge is 0.354 e. The molecule has 0 radical (unpaired) electrons. The highest BCUT2D eigenvalue weighted by atomic mass is 19.1. The number of carbonyl (C=O) groups excluding carboxylic acids is 1. The van der Waals surface area contributed by atoms with E-state index in [2.05, 4.69) is 4.98 Å². The van der Waals surface area contributed by atoms with Gasteiger partial charge < -0.3 is 4.98 Å². The van der Waals surface area contributed by atoms with Crippen LogP contribution in [0.15, 0.2) is 36.4 Å². The van der Waals surface area contributed by atoms with Crippen molar-refractivity contribution in [1.82, 2.24) is 4.98 Å². The summed E-state index contributed by atoms with van der Waals surface area (Å²) in [7, 11) is 0. The molecule has 0 aliphatic rings. The molecule has 0 aliphatic heterocycles. The monoisotopic (exact) mass is 302 g/mol. The Morgan fingerprint density at radius 3 is 2.55 bits per heavy atom. The fourth-order valence-electron chi connectivity index (χ4n) is 2.34. The summed E-state index contributed by atoms with van der Waals surface area (Å²) in [5.74, 6) is -1.56. The van der Waals surface area contributed by atoms with Crippen LogP contribution in [0.1, 0.15) is 10.4 Å². The zero-order valence-electron chi connectivity index (χ0n) is 11.0. The summed E-state index contributed by atoms with van der Waals surface area (Å²) in [5, 5.41) is 11.1. The molecule has 2 aromatic carbocycles. The van der Waals surface area contributed by atoms with Gasteiger partial charge in [-0.3, -0.25) is 14.9 Å². The highest BCUT2D eigenvalue weighted by Crippen LogP contribution is 2.32. The average molecular weight is 302 g/mol. The maximum atomic E-state index is 13.9. The van der Waals surface area contributed by atoms with Crippen LogP contribution in [-0.2, 0) is 0 Å². The minimum Gasteiger partial charge on any atom is -0.354 e. The standard InChI is InChI=1S/C15H8F2N2O3/c16-8-1-3-10(13(17)5-8)15-12(7-20)11-6-9(19(21)22)2-4-14(11)18-15/h1-7,18H. The number of aromatic nitrogens is 1. The Balaban J connectivity index is 2.30. The van der Waals surface area contributed by atoms with E-state index < -0.39 is 16.6 Å². The van der Waals surface area contributed by atoms with Gasteiger partial charge in [0.05, 0.1) is 10.6 Å². The van der Waals surface area contributed by atoms with E-state index in [0.717, 1.165) is 6.07 Å². The molecular weight excluding hydrogens is 294 g/mol. The number of nitrogens with zero attached hydrogens (tertiary/aromatic N) is 1. The molecule has 0 aliphatic carbocycles. The third-order valence-corrected chi connectivity index (χ3v) is 3.35. The van der Waals surface area contributed by atoms with Crippen LogP contribution in [0.5, 0.6) is 0 Å². The number of rotatable bonds is 3. The molecule has 0 fully saturated rings. The minimum atomic E-state index is -0.829. The summed E-state index contributed by atoms with van der Waals surface area (Å²) in [6.07, 6.45) is 0.487. The lowest BCUT2D eigenvalue weighted by Gasteiger charge is -2.02. The molecule has 0 amide bonds. The smallest absolute Gasteiger partial charge is 0.270 e. The van der Waals surface area contributed by atoms with Crippen molar-refractivity contribution in [1.29, 1.82) is 0 Å². The van der Waals surface area contributed by atoms with Gasteiger partial charge in [0.1, 0.15) is 11.6 Å². The molecule has 0 saturated heterocycles. The van der Waals surface area contributed by atoms with E-state index >= 15 is 0 Å². The predicted molar refractivity (Wildman–Crippen MR) is 75.7 cm³/mol. The Kier molecular flexibility index (Phi) is 3.17. The van der Waals surface area contributed by atoms with Gasteiger partial charge in [0.25, 0.3) is 5.69 Å². The Bertz CT molecular complexity index is 919. The van der Waals surface area contributed by atoms with E-state index in [1.54, 1.807) is 0 Å². The molecule has 3 aromatic rings. The summed E-state index contributed by atoms with van der Waals surface area (Å²) < 4.78 is 26.9. The summed E-state index contributed by atoms with van der Waals surface area (Å²) in [5.41, 5.74) is 0.529. The van der Waals surface area contributed by atoms with Crippen molar-refractivity contribution in [3.63, 3.8) is 0 Å². The van der Waals surface area contributed by atoms with Crippen molar-refractivity contribution in [2.75, 3.05) is 0 Å². The first-order valence-electron chi connectivity index (χ1n) is 6.22. The molecule has 0 bridgehead atoms. The Labute approximate surface area is 122 Å². The molecular formula is C15H8F2N2O3. The Hall–Kier alpha value is -3.09. The molecule has 3 rings (SSSR count). The fourth-order valence-corrected chi connectivity index (χ4v) is 2.34. The molecule has 0 spiro atoms. The zero-order chi connectivity index (χ0) is 15.9. The number of nitro benzene ring substituents is 1. The van der Waals surface area contributed by atoms with Crippen LogP contribution < -0.4 is 0 Å². The van der Waals surface area contributed by atoms with E-state index in [1.165, 1.54) is 24.3 Å². The van der Waals surface area contributed by atoms with Gasteiger partial charge in [-0.15, -0.1) is 0 Å². The maximum Gasteiger partial charge on any atom is 0.270 e. The first-order valence-corrected chi connectivity index (χ1v) is 6.22. The molecule has 0 unspecified atom stereocenters. The topological polar surface area (TPSA) is 76.0 Å². The van der Waals surface area contributed by atoms with Gasteiger partial charge in [-0.05, 0) is 18.2 Å². The first-order chi connectivity index (χ1) is 10.5. The van der Waals surface area contributed by atoms with Gasteiger partial charge in [0, 0.05) is 40.2 Å². The number of aldehydes is 1. The van der Waals surface area contributed by atoms with Crippen molar-refractivity contribution in [3.05, 3.63) is 63.7 Å². The van der Waals surface area contributed by atoms with Crippen molar-refractivity contribution >= 4 is 22.9 Å². The molecule has 5 nitrogen and oxygen atoms in total. The van der Waals surface area contributed by atoms with Gasteiger partial charge in [0.15, 0.2) is 6.29 Å². The number of hydrogen-bond acceptors (Lipinski definition) is 3. The minimum absolute atomic E-state index is 0.0161. The van der Waals surface area contributed by atoms with Crippen LogP contribution >= 0.6 is 0 Å². The summed E-state index contributed by atoms with van der Waals surface area (Å²) in [6.45, 7) is 0. The van der Waals surface area contributed by atoms with Crippen LogP contribution in [0.4, 0.5) is 14.5 Å². The molecule has 22 heavy (non-hydrogen) atoms. The van der Waals surface area contributed by atoms with Crippen LogP contribution in [-0.4, -0.2) is 16.2 Å². The predicted octanol–water partition coefficient (Wildman–Crippen LogP) is 3.83. The lowest BCUT2D eigenvalue weighted by molar-refractivity contribution is -0.384. The van der Waals surface area contributed by atoms with E-state index in [4.69, 9.17) is 0 Å². The van der Waals surface area contributed by atoms with Gasteiger partial charge in [-0.1, -0.05) is 0 Å².